The van der Waals surface area contributed by atoms with Crippen molar-refractivity contribution in [2.75, 3.05) is 70.9 Å². The van der Waals surface area contributed by atoms with Gasteiger partial charge in [0.15, 0.2) is 11.7 Å². The van der Waals surface area contributed by atoms with Gasteiger partial charge in [0, 0.05) is 89.3 Å². The van der Waals surface area contributed by atoms with Crippen molar-refractivity contribution in [2.24, 2.45) is 5.92 Å². The van der Waals surface area contributed by atoms with Crippen molar-refractivity contribution in [3.63, 3.8) is 0 Å². The van der Waals surface area contributed by atoms with Gasteiger partial charge in [0.05, 0.1) is 0 Å². The molecule has 2 aromatic carbocycles. The van der Waals surface area contributed by atoms with Crippen LogP contribution in [0.5, 0.6) is 5.75 Å². The summed E-state index contributed by atoms with van der Waals surface area (Å²) in [6.07, 6.45) is 0.155. The first kappa shape index (κ1) is 55.4. The summed E-state index contributed by atoms with van der Waals surface area (Å²) in [5, 5.41) is 18.6. The fraction of sp³-hybridized carbons (Fsp3) is 0.537. The van der Waals surface area contributed by atoms with Crippen LogP contribution in [0.3, 0.4) is 0 Å². The standard InChI is InChI=1S/C54H71N9O10S/c1-7-54(5)53(72)62-23-13-16-39(62)50(69)59(6)41(30-36-20-18-34(3)19-21-36)51(70)63-32-38(33-74-29-28-61-26-24-60(8-2)25-27-61)43(65)31-40(63)47(66)57-45(37-14-10-9-11-15-37)52(71)73-35(4)44(49(68)58-54)56-48(67)46-42(64)17-12-22-55-46/h9-12,14-15,17-22,35,38-41,44-45,64H,7-8,13,16,23-33H2,1-6H3,(H,56,67)(H,57,66)(H,58,68)/t35-,38?,39+,40+,41+,44+,45+,54?/m1/s1. The van der Waals surface area contributed by atoms with E-state index in [1.54, 1.807) is 49.0 Å². The Labute approximate surface area is 437 Å². The molecule has 0 spiro atoms. The van der Waals surface area contributed by atoms with Crippen molar-refractivity contribution >= 4 is 59.0 Å². The van der Waals surface area contributed by atoms with Crippen molar-refractivity contribution in [3.05, 3.63) is 95.3 Å². The Morgan fingerprint density at radius 3 is 2.26 bits per heavy atom. The largest absolute Gasteiger partial charge is 0.505 e. The van der Waals surface area contributed by atoms with E-state index < -0.39 is 101 Å². The first-order valence-electron chi connectivity index (χ1n) is 25.7. The number of hydrogen-bond donors (Lipinski definition) is 4. The third-order valence-corrected chi connectivity index (χ3v) is 16.1. The molecule has 0 saturated carbocycles. The maximum atomic E-state index is 15.6. The number of amides is 6. The summed E-state index contributed by atoms with van der Waals surface area (Å²) in [4.78, 5) is 131. The van der Waals surface area contributed by atoms with E-state index >= 15 is 14.4 Å². The van der Waals surface area contributed by atoms with Gasteiger partial charge in [-0.3, -0.25) is 38.5 Å². The highest BCUT2D eigenvalue weighted by Gasteiger charge is 2.49. The smallest absolute Gasteiger partial charge is 0.333 e. The second kappa shape index (κ2) is 24.8. The van der Waals surface area contributed by atoms with Gasteiger partial charge in [-0.25, -0.2) is 9.78 Å². The van der Waals surface area contributed by atoms with E-state index in [9.17, 15) is 29.1 Å². The Morgan fingerprint density at radius 1 is 0.878 bits per heavy atom. The van der Waals surface area contributed by atoms with Crippen LogP contribution in [0, 0.1) is 12.8 Å². The third-order valence-electron chi connectivity index (χ3n) is 15.0. The summed E-state index contributed by atoms with van der Waals surface area (Å²) in [6, 6.07) is 11.4. The molecular weight excluding hydrogens is 967 g/mol. The number of esters is 1. The van der Waals surface area contributed by atoms with Gasteiger partial charge in [-0.2, -0.15) is 11.8 Å². The average Bonchev–Trinajstić information content (AvgIpc) is 3.90. The minimum atomic E-state index is -1.71. The highest BCUT2D eigenvalue weighted by molar-refractivity contribution is 7.99. The number of piperidine rings is 1. The van der Waals surface area contributed by atoms with Crippen LogP contribution >= 0.6 is 11.8 Å². The van der Waals surface area contributed by atoms with E-state index in [1.807, 2.05) is 31.2 Å². The Morgan fingerprint density at radius 2 is 1.58 bits per heavy atom. The number of ketones is 1. The number of nitrogens with zero attached hydrogens (tertiary/aromatic N) is 6. The third kappa shape index (κ3) is 12.9. The summed E-state index contributed by atoms with van der Waals surface area (Å²) < 4.78 is 5.99. The number of ether oxygens (including phenoxy) is 1. The number of pyridine rings is 1. The number of fused-ring (bicyclic) bond motifs is 2. The fourth-order valence-electron chi connectivity index (χ4n) is 10.1. The average molecular weight is 1040 g/mol. The summed E-state index contributed by atoms with van der Waals surface area (Å²) in [6.45, 7) is 14.4. The van der Waals surface area contributed by atoms with Crippen LogP contribution < -0.4 is 16.0 Å². The Hall–Kier alpha value is -6.38. The predicted molar refractivity (Wildman–Crippen MR) is 278 cm³/mol. The number of carbonyl (C=O) groups excluding carboxylic acids is 8. The molecule has 6 amide bonds. The fourth-order valence-corrected chi connectivity index (χ4v) is 11.2. The second-order valence-corrected chi connectivity index (χ2v) is 21.2. The maximum Gasteiger partial charge on any atom is 0.333 e. The summed E-state index contributed by atoms with van der Waals surface area (Å²) in [5.74, 6) is -5.74. The highest BCUT2D eigenvalue weighted by atomic mass is 32.2. The lowest BCUT2D eigenvalue weighted by atomic mass is 9.90. The van der Waals surface area contributed by atoms with E-state index in [1.165, 1.54) is 53.9 Å². The highest BCUT2D eigenvalue weighted by Crippen LogP contribution is 2.30. The van der Waals surface area contributed by atoms with E-state index in [-0.39, 0.29) is 50.1 Å². The van der Waals surface area contributed by atoms with E-state index in [2.05, 4.69) is 37.7 Å². The zero-order valence-corrected chi connectivity index (χ0v) is 44.1. The number of carbonyl (C=O) groups is 8. The molecule has 5 heterocycles. The van der Waals surface area contributed by atoms with Gasteiger partial charge < -0.3 is 45.4 Å². The number of nitrogens with one attached hydrogen (secondary N) is 3. The number of aryl methyl sites for hydroxylation is 1. The van der Waals surface area contributed by atoms with E-state index in [4.69, 9.17) is 4.74 Å². The molecule has 7 rings (SSSR count). The SMILES string of the molecule is CCN1CCN(CCSCC2CN3C(=O)[C@H](Cc4ccc(C)cc4)N(C)C(=O)[C@@H]4CCCN4C(=O)C(C)(CC)NC(=O)[C@@H](NC(=O)c4ncccc4O)[C@@H](C)OC(=O)[C@H](c4ccccc4)NC(=O)[C@@H]3CC2=O)CC1. The first-order valence-corrected chi connectivity index (χ1v) is 26.9. The second-order valence-electron chi connectivity index (χ2n) is 20.0. The maximum absolute atomic E-state index is 15.6. The van der Waals surface area contributed by atoms with Crippen molar-refractivity contribution in [1.82, 2.24) is 45.4 Å². The molecule has 20 heteroatoms. The zero-order valence-electron chi connectivity index (χ0n) is 43.3. The number of aromatic hydroxyl groups is 1. The lowest BCUT2D eigenvalue weighted by molar-refractivity contribution is -0.157. The minimum absolute atomic E-state index is 0.0296. The molecule has 0 radical (unpaired) electrons. The molecule has 4 fully saturated rings. The van der Waals surface area contributed by atoms with Gasteiger partial charge in [0.2, 0.25) is 29.5 Å². The molecule has 0 aliphatic carbocycles. The molecule has 2 unspecified atom stereocenters. The molecule has 0 bridgehead atoms. The lowest BCUT2D eigenvalue weighted by Crippen LogP contribution is -2.65. The Kier molecular flexibility index (Phi) is 18.5. The number of hydrogen-bond acceptors (Lipinski definition) is 14. The molecule has 74 heavy (non-hydrogen) atoms. The van der Waals surface area contributed by atoms with Gasteiger partial charge in [0.1, 0.15) is 47.3 Å². The lowest BCUT2D eigenvalue weighted by Gasteiger charge is -2.42. The van der Waals surface area contributed by atoms with Crippen molar-refractivity contribution in [1.29, 1.82) is 0 Å². The molecule has 4 saturated heterocycles. The zero-order chi connectivity index (χ0) is 53.3. The van der Waals surface area contributed by atoms with Gasteiger partial charge in [-0.05, 0) is 69.8 Å². The number of likely N-dealkylation sites (N-methyl/N-ethyl adjacent to an activating group) is 2. The quantitative estimate of drug-likeness (QED) is 0.151. The number of thioether (sulfide) groups is 1. The van der Waals surface area contributed by atoms with Crippen LogP contribution in [0.15, 0.2) is 72.9 Å². The summed E-state index contributed by atoms with van der Waals surface area (Å²) in [5.41, 5.74) is -0.124. The summed E-state index contributed by atoms with van der Waals surface area (Å²) in [7, 11) is 1.51. The molecule has 1 aromatic heterocycles. The number of rotatable bonds is 12. The Bertz CT molecular complexity index is 2530. The number of aromatic nitrogens is 1. The molecular formula is C54H71N9O10S. The molecule has 8 atom stereocenters. The van der Waals surface area contributed by atoms with Crippen molar-refractivity contribution in [3.8, 4) is 5.75 Å². The van der Waals surface area contributed by atoms with Gasteiger partial charge >= 0.3 is 5.97 Å². The van der Waals surface area contributed by atoms with Gasteiger partial charge in [-0.15, -0.1) is 0 Å². The number of cyclic esters (lactones) is 1. The molecule has 4 aliphatic heterocycles. The summed E-state index contributed by atoms with van der Waals surface area (Å²) >= 11 is 1.61. The van der Waals surface area contributed by atoms with E-state index in [0.29, 0.717) is 12.2 Å². The van der Waals surface area contributed by atoms with Crippen LogP contribution in [0.1, 0.15) is 86.6 Å². The molecule has 4 N–H and O–H groups in total. The number of piperazine rings is 1. The van der Waals surface area contributed by atoms with Crippen LogP contribution in [-0.4, -0.2) is 189 Å². The number of Topliss-reactive ketones (excluding diaryl/α,β-unsaturated/α-hetero) is 1. The number of benzene rings is 2. The molecule has 398 valence electrons. The normalized spacial score (nSPS) is 27.3. The van der Waals surface area contributed by atoms with Crippen LogP contribution in [0.2, 0.25) is 0 Å². The molecule has 4 aliphatic rings. The van der Waals surface area contributed by atoms with Crippen molar-refractivity contribution < 1.29 is 48.2 Å². The monoisotopic (exact) mass is 1040 g/mol. The van der Waals surface area contributed by atoms with Crippen molar-refractivity contribution in [2.45, 2.75) is 109 Å². The molecule has 3 aromatic rings. The first-order chi connectivity index (χ1) is 35.4. The van der Waals surface area contributed by atoms with E-state index in [0.717, 1.165) is 56.1 Å². The topological polar surface area (TPSA) is 231 Å². The van der Waals surface area contributed by atoms with Crippen LogP contribution in [0.25, 0.3) is 0 Å². The minimum Gasteiger partial charge on any atom is -0.505 e. The van der Waals surface area contributed by atoms with Crippen LogP contribution in [-0.2, 0) is 44.7 Å². The predicted octanol–water partition coefficient (Wildman–Crippen LogP) is 2.50. The molecule has 19 nitrogen and oxygen atoms in total. The Balaban J connectivity index is 1.28. The van der Waals surface area contributed by atoms with Gasteiger partial charge in [-0.1, -0.05) is 74.0 Å². The van der Waals surface area contributed by atoms with Gasteiger partial charge in [0.25, 0.3) is 5.91 Å². The van der Waals surface area contributed by atoms with Crippen LogP contribution in [0.4, 0.5) is 0 Å².